The minimum absolute atomic E-state index is 0.175. The summed E-state index contributed by atoms with van der Waals surface area (Å²) in [4.78, 5) is 17.1. The average Bonchev–Trinajstić information content (AvgIpc) is 3.33. The van der Waals surface area contributed by atoms with Crippen molar-refractivity contribution in [2.45, 2.75) is 13.0 Å². The Hall–Kier alpha value is -3.47. The molecule has 7 nitrogen and oxygen atoms in total. The molecule has 2 aliphatic rings. The van der Waals surface area contributed by atoms with Crippen LogP contribution in [0, 0.1) is 23.7 Å². The summed E-state index contributed by atoms with van der Waals surface area (Å²) in [6, 6.07) is 10.6. The van der Waals surface area contributed by atoms with Gasteiger partial charge in [-0.3, -0.25) is 14.9 Å². The third-order valence-corrected chi connectivity index (χ3v) is 6.77. The number of hydrogen-bond donors (Lipinski definition) is 2. The number of H-pyrrole nitrogens is 1. The zero-order valence-corrected chi connectivity index (χ0v) is 19.1. The fourth-order valence-electron chi connectivity index (χ4n) is 4.64. The monoisotopic (exact) mass is 439 g/mol. The van der Waals surface area contributed by atoms with E-state index in [0.29, 0.717) is 6.54 Å². The van der Waals surface area contributed by atoms with Gasteiger partial charge in [-0.15, -0.1) is 0 Å². The van der Waals surface area contributed by atoms with Gasteiger partial charge in [-0.25, -0.2) is 0 Å². The average molecular weight is 440 g/mol. The molecule has 168 valence electrons. The molecular formula is C26H29N7. The van der Waals surface area contributed by atoms with Gasteiger partial charge in [0.05, 0.1) is 12.1 Å². The summed E-state index contributed by atoms with van der Waals surface area (Å²) in [7, 11) is 2.14. The molecule has 7 heteroatoms. The number of aromatic nitrogens is 2. The second kappa shape index (κ2) is 8.81. The van der Waals surface area contributed by atoms with Crippen molar-refractivity contribution >= 4 is 28.5 Å². The molecule has 1 fully saturated rings. The number of nitrogens with zero attached hydrogens (tertiary/aromatic N) is 5. The summed E-state index contributed by atoms with van der Waals surface area (Å²) >= 11 is 0. The molecule has 0 amide bonds. The lowest BCUT2D eigenvalue weighted by molar-refractivity contribution is 0.142. The van der Waals surface area contributed by atoms with Gasteiger partial charge >= 0.3 is 0 Å². The van der Waals surface area contributed by atoms with Crippen molar-refractivity contribution in [3.8, 4) is 6.07 Å². The Labute approximate surface area is 194 Å². The first-order chi connectivity index (χ1) is 16.1. The summed E-state index contributed by atoms with van der Waals surface area (Å²) in [6.07, 6.45) is 11.5. The van der Waals surface area contributed by atoms with Crippen molar-refractivity contribution in [2.24, 2.45) is 10.4 Å². The third-order valence-electron chi connectivity index (χ3n) is 6.77. The number of fused-ring (bicyclic) bond motifs is 1. The Bertz CT molecular complexity index is 1230. The van der Waals surface area contributed by atoms with Crippen LogP contribution in [0.3, 0.4) is 0 Å². The maximum atomic E-state index is 9.97. The highest BCUT2D eigenvalue weighted by Crippen LogP contribution is 2.35. The van der Waals surface area contributed by atoms with Crippen molar-refractivity contribution in [1.29, 1.82) is 5.26 Å². The Morgan fingerprint density at radius 2 is 2.03 bits per heavy atom. The quantitative estimate of drug-likeness (QED) is 0.586. The lowest BCUT2D eigenvalue weighted by Crippen LogP contribution is -2.48. The van der Waals surface area contributed by atoms with E-state index in [4.69, 9.17) is 4.99 Å². The van der Waals surface area contributed by atoms with E-state index in [1.54, 1.807) is 6.20 Å². The minimum atomic E-state index is -0.682. The van der Waals surface area contributed by atoms with E-state index in [1.165, 1.54) is 10.9 Å². The van der Waals surface area contributed by atoms with Gasteiger partial charge in [0.2, 0.25) is 0 Å². The van der Waals surface area contributed by atoms with Crippen LogP contribution in [-0.4, -0.2) is 65.8 Å². The zero-order chi connectivity index (χ0) is 22.8. The van der Waals surface area contributed by atoms with E-state index in [0.717, 1.165) is 48.6 Å². The molecule has 5 rings (SSSR count). The molecule has 0 radical (unpaired) electrons. The van der Waals surface area contributed by atoms with Crippen molar-refractivity contribution < 1.29 is 0 Å². The van der Waals surface area contributed by atoms with Crippen molar-refractivity contribution in [2.75, 3.05) is 45.1 Å². The van der Waals surface area contributed by atoms with Crippen LogP contribution in [0.15, 0.2) is 60.0 Å². The van der Waals surface area contributed by atoms with Gasteiger partial charge in [0.15, 0.2) is 0 Å². The van der Waals surface area contributed by atoms with Gasteiger partial charge in [-0.2, -0.15) is 5.26 Å². The SMILES string of the molecule is Cc1c(Nc2ccncc2C2C=CC(C#N)(CN3CCN(C)CC3)C=N2)ccc2[nH]ccc12. The highest BCUT2D eigenvalue weighted by molar-refractivity contribution is 5.89. The zero-order valence-electron chi connectivity index (χ0n) is 19.1. The van der Waals surface area contributed by atoms with Crippen LogP contribution in [0.5, 0.6) is 0 Å². The Morgan fingerprint density at radius 1 is 1.18 bits per heavy atom. The number of anilines is 2. The molecule has 0 saturated carbocycles. The van der Waals surface area contributed by atoms with E-state index in [9.17, 15) is 5.26 Å². The first kappa shape index (κ1) is 21.4. The molecule has 3 aromatic rings. The number of benzene rings is 1. The Morgan fingerprint density at radius 3 is 2.79 bits per heavy atom. The van der Waals surface area contributed by atoms with Crippen LogP contribution in [0.25, 0.3) is 10.9 Å². The molecule has 4 heterocycles. The number of aliphatic imine (C=N–C) groups is 1. The first-order valence-electron chi connectivity index (χ1n) is 11.4. The van der Waals surface area contributed by atoms with Gasteiger partial charge in [0.1, 0.15) is 5.41 Å². The van der Waals surface area contributed by atoms with Gasteiger partial charge in [-0.1, -0.05) is 12.2 Å². The van der Waals surface area contributed by atoms with Crippen molar-refractivity contribution in [3.05, 3.63) is 66.1 Å². The summed E-state index contributed by atoms with van der Waals surface area (Å²) in [6.45, 7) is 6.82. The van der Waals surface area contributed by atoms with Crippen LogP contribution < -0.4 is 5.32 Å². The van der Waals surface area contributed by atoms with E-state index in [1.807, 2.05) is 36.8 Å². The normalized spacial score (nSPS) is 23.6. The van der Waals surface area contributed by atoms with Crippen LogP contribution in [0.1, 0.15) is 17.2 Å². The smallest absolute Gasteiger partial charge is 0.123 e. The number of dihydropyridines is 1. The number of aryl methyl sites for hydroxylation is 1. The molecule has 2 aromatic heterocycles. The highest BCUT2D eigenvalue weighted by atomic mass is 15.2. The molecule has 2 aliphatic heterocycles. The molecule has 0 aliphatic carbocycles. The second-order valence-corrected chi connectivity index (χ2v) is 9.08. The van der Waals surface area contributed by atoms with Gasteiger partial charge in [0, 0.05) is 85.4 Å². The van der Waals surface area contributed by atoms with Crippen LogP contribution >= 0.6 is 0 Å². The van der Waals surface area contributed by atoms with E-state index >= 15 is 0 Å². The largest absolute Gasteiger partial charge is 0.361 e. The van der Waals surface area contributed by atoms with Gasteiger partial charge in [-0.05, 0) is 43.8 Å². The van der Waals surface area contributed by atoms with Crippen LogP contribution in [-0.2, 0) is 0 Å². The lowest BCUT2D eigenvalue weighted by atomic mass is 9.86. The standard InChI is InChI=1S/C26H29N7/c1-19-20-6-10-29-23(20)4-3-22(19)31-25-7-9-28-15-21(25)24-5-8-26(16-27,17-30-24)18-33-13-11-32(2)12-14-33/h3-10,15,17,24,29H,11-14,18H2,1-2H3,(H,28,31). The number of nitriles is 1. The lowest BCUT2D eigenvalue weighted by Gasteiger charge is -2.36. The molecule has 1 saturated heterocycles. The number of hydrogen-bond acceptors (Lipinski definition) is 6. The third kappa shape index (κ3) is 4.28. The number of pyridine rings is 1. The fourth-order valence-corrected chi connectivity index (χ4v) is 4.64. The number of nitrogens with one attached hydrogen (secondary N) is 2. The highest BCUT2D eigenvalue weighted by Gasteiger charge is 2.32. The minimum Gasteiger partial charge on any atom is -0.361 e. The molecule has 2 N–H and O–H groups in total. The van der Waals surface area contributed by atoms with Gasteiger partial charge < -0.3 is 15.2 Å². The number of likely N-dealkylation sites (N-methyl/N-ethyl adjacent to an activating group) is 1. The maximum Gasteiger partial charge on any atom is 0.123 e. The summed E-state index contributed by atoms with van der Waals surface area (Å²) in [5.41, 5.74) is 4.65. The van der Waals surface area contributed by atoms with E-state index in [2.05, 4.69) is 63.3 Å². The van der Waals surface area contributed by atoms with Crippen LogP contribution in [0.4, 0.5) is 11.4 Å². The number of rotatable bonds is 5. The number of aromatic amines is 1. The first-order valence-corrected chi connectivity index (χ1v) is 11.4. The number of piperazine rings is 1. The van der Waals surface area contributed by atoms with E-state index < -0.39 is 5.41 Å². The van der Waals surface area contributed by atoms with Crippen molar-refractivity contribution in [3.63, 3.8) is 0 Å². The summed E-state index contributed by atoms with van der Waals surface area (Å²) in [5, 5.41) is 14.8. The van der Waals surface area contributed by atoms with Crippen LogP contribution in [0.2, 0.25) is 0 Å². The predicted molar refractivity (Wildman–Crippen MR) is 133 cm³/mol. The molecular weight excluding hydrogens is 410 g/mol. The molecule has 0 spiro atoms. The molecule has 1 aromatic carbocycles. The van der Waals surface area contributed by atoms with Gasteiger partial charge in [0.25, 0.3) is 0 Å². The molecule has 0 bridgehead atoms. The maximum absolute atomic E-state index is 9.97. The second-order valence-electron chi connectivity index (χ2n) is 9.08. The fraction of sp³-hybridized carbons (Fsp3) is 0.346. The Kier molecular flexibility index (Phi) is 5.71. The Balaban J connectivity index is 1.36. The van der Waals surface area contributed by atoms with E-state index in [-0.39, 0.29) is 6.04 Å². The molecule has 33 heavy (non-hydrogen) atoms. The molecule has 2 atom stereocenters. The summed E-state index contributed by atoms with van der Waals surface area (Å²) < 4.78 is 0. The summed E-state index contributed by atoms with van der Waals surface area (Å²) in [5.74, 6) is 0. The van der Waals surface area contributed by atoms with Crippen molar-refractivity contribution in [1.82, 2.24) is 19.8 Å². The predicted octanol–water partition coefficient (Wildman–Crippen LogP) is 4.05. The topological polar surface area (TPSA) is 83.3 Å². The molecule has 2 unspecified atom stereocenters.